The summed E-state index contributed by atoms with van der Waals surface area (Å²) in [5.74, 6) is 0.348. The lowest BCUT2D eigenvalue weighted by Crippen LogP contribution is -2.22. The molecule has 0 aromatic carbocycles. The van der Waals surface area contributed by atoms with E-state index in [1.165, 1.54) is 25.7 Å². The average Bonchev–Trinajstić information content (AvgIpc) is 2.58. The van der Waals surface area contributed by atoms with Crippen molar-refractivity contribution < 1.29 is 4.79 Å². The maximum atomic E-state index is 11.9. The van der Waals surface area contributed by atoms with Crippen molar-refractivity contribution in [2.45, 2.75) is 38.5 Å². The Bertz CT molecular complexity index is 300. The van der Waals surface area contributed by atoms with Crippen LogP contribution in [-0.4, -0.2) is 16.1 Å². The summed E-state index contributed by atoms with van der Waals surface area (Å²) >= 11 is 0. The minimum atomic E-state index is 0.151. The molecule has 1 saturated carbocycles. The summed E-state index contributed by atoms with van der Waals surface area (Å²) in [4.78, 5) is 11.9. The molecule has 0 aliphatic heterocycles. The van der Waals surface area contributed by atoms with Gasteiger partial charge in [-0.15, -0.1) is 0 Å². The molecule has 0 unspecified atom stereocenters. The number of nitrogens with one attached hydrogen (secondary N) is 2. The van der Waals surface area contributed by atoms with Crippen molar-refractivity contribution in [3.8, 4) is 0 Å². The lowest BCUT2D eigenvalue weighted by atomic mass is 9.99. The van der Waals surface area contributed by atoms with Gasteiger partial charge in [0.05, 0.1) is 11.9 Å². The fourth-order valence-corrected chi connectivity index (χ4v) is 2.11. The van der Waals surface area contributed by atoms with Gasteiger partial charge in [-0.1, -0.05) is 25.7 Å². The second-order valence-electron chi connectivity index (χ2n) is 4.16. The first kappa shape index (κ1) is 10.2. The Labute approximate surface area is 89.5 Å². The van der Waals surface area contributed by atoms with E-state index < -0.39 is 0 Å². The number of carbonyl (C=O) groups excluding carboxylic acids is 1. The van der Waals surface area contributed by atoms with E-state index in [1.807, 2.05) is 0 Å². The third-order valence-corrected chi connectivity index (χ3v) is 2.99. The summed E-state index contributed by atoms with van der Waals surface area (Å²) in [5, 5.41) is 9.37. The van der Waals surface area contributed by atoms with E-state index in [0.717, 1.165) is 18.5 Å². The van der Waals surface area contributed by atoms with E-state index in [0.29, 0.717) is 0 Å². The Morgan fingerprint density at radius 2 is 2.07 bits per heavy atom. The summed E-state index contributed by atoms with van der Waals surface area (Å²) in [5.41, 5.74) is 0.768. The van der Waals surface area contributed by atoms with Gasteiger partial charge in [-0.05, 0) is 12.8 Å². The Balaban J connectivity index is 1.89. The van der Waals surface area contributed by atoms with Crippen molar-refractivity contribution in [1.29, 1.82) is 0 Å². The molecule has 1 aromatic rings. The number of nitrogens with zero attached hydrogens (tertiary/aromatic N) is 1. The lowest BCUT2D eigenvalue weighted by Gasteiger charge is -2.12. The van der Waals surface area contributed by atoms with Crippen molar-refractivity contribution in [1.82, 2.24) is 10.2 Å². The van der Waals surface area contributed by atoms with Gasteiger partial charge in [0.2, 0.25) is 5.91 Å². The normalized spacial score (nSPS) is 18.4. The molecule has 15 heavy (non-hydrogen) atoms. The van der Waals surface area contributed by atoms with E-state index in [-0.39, 0.29) is 11.8 Å². The largest absolute Gasteiger partial charge is 0.323 e. The van der Waals surface area contributed by atoms with Gasteiger partial charge in [0.1, 0.15) is 0 Å². The Morgan fingerprint density at radius 1 is 1.33 bits per heavy atom. The van der Waals surface area contributed by atoms with Crippen molar-refractivity contribution in [2.75, 3.05) is 5.32 Å². The van der Waals surface area contributed by atoms with Crippen molar-refractivity contribution in [3.05, 3.63) is 12.4 Å². The Morgan fingerprint density at radius 3 is 2.67 bits per heavy atom. The predicted octanol–water partition coefficient (Wildman–Crippen LogP) is 2.32. The molecule has 0 saturated heterocycles. The van der Waals surface area contributed by atoms with Crippen LogP contribution in [0.2, 0.25) is 0 Å². The number of anilines is 1. The molecular formula is C11H17N3O. The monoisotopic (exact) mass is 207 g/mol. The molecule has 82 valence electrons. The highest BCUT2D eigenvalue weighted by atomic mass is 16.1. The predicted molar refractivity (Wildman–Crippen MR) is 58.4 cm³/mol. The first-order valence-corrected chi connectivity index (χ1v) is 5.66. The van der Waals surface area contributed by atoms with Crippen LogP contribution >= 0.6 is 0 Å². The molecule has 1 aromatic heterocycles. The van der Waals surface area contributed by atoms with Gasteiger partial charge < -0.3 is 5.32 Å². The molecule has 1 aliphatic rings. The number of amides is 1. The quantitative estimate of drug-likeness (QED) is 0.731. The van der Waals surface area contributed by atoms with Crippen LogP contribution in [0.5, 0.6) is 0 Å². The number of H-pyrrole nitrogens is 1. The van der Waals surface area contributed by atoms with Gasteiger partial charge in [0.25, 0.3) is 0 Å². The zero-order valence-electron chi connectivity index (χ0n) is 8.83. The van der Waals surface area contributed by atoms with Crippen molar-refractivity contribution >= 4 is 11.6 Å². The Hall–Kier alpha value is -1.32. The van der Waals surface area contributed by atoms with Crippen LogP contribution in [0, 0.1) is 5.92 Å². The average molecular weight is 207 g/mol. The molecule has 2 N–H and O–H groups in total. The molecule has 0 spiro atoms. The number of hydrogen-bond donors (Lipinski definition) is 2. The third kappa shape index (κ3) is 2.81. The molecule has 4 nitrogen and oxygen atoms in total. The van der Waals surface area contributed by atoms with Crippen LogP contribution in [0.4, 0.5) is 5.69 Å². The van der Waals surface area contributed by atoms with Crippen LogP contribution in [0.1, 0.15) is 38.5 Å². The maximum Gasteiger partial charge on any atom is 0.227 e. The fourth-order valence-electron chi connectivity index (χ4n) is 2.11. The highest BCUT2D eigenvalue weighted by molar-refractivity contribution is 5.92. The van der Waals surface area contributed by atoms with Crippen LogP contribution < -0.4 is 5.32 Å². The maximum absolute atomic E-state index is 11.9. The highest BCUT2D eigenvalue weighted by Crippen LogP contribution is 2.23. The van der Waals surface area contributed by atoms with Gasteiger partial charge in [0.15, 0.2) is 0 Å². The van der Waals surface area contributed by atoms with Gasteiger partial charge in [-0.25, -0.2) is 0 Å². The fraction of sp³-hybridized carbons (Fsp3) is 0.636. The minimum Gasteiger partial charge on any atom is -0.323 e. The number of aromatic amines is 1. The second-order valence-corrected chi connectivity index (χ2v) is 4.16. The van der Waals surface area contributed by atoms with E-state index >= 15 is 0 Å². The Kier molecular flexibility index (Phi) is 3.37. The van der Waals surface area contributed by atoms with Gasteiger partial charge in [0, 0.05) is 12.1 Å². The molecule has 1 heterocycles. The first-order chi connectivity index (χ1) is 7.36. The summed E-state index contributed by atoms with van der Waals surface area (Å²) in [6, 6.07) is 0. The van der Waals surface area contributed by atoms with Gasteiger partial charge in [-0.3, -0.25) is 9.89 Å². The molecule has 2 rings (SSSR count). The zero-order valence-corrected chi connectivity index (χ0v) is 8.83. The van der Waals surface area contributed by atoms with Crippen molar-refractivity contribution in [3.63, 3.8) is 0 Å². The molecule has 1 amide bonds. The molecule has 0 radical (unpaired) electrons. The van der Waals surface area contributed by atoms with Crippen LogP contribution in [0.15, 0.2) is 12.4 Å². The summed E-state index contributed by atoms with van der Waals surface area (Å²) in [7, 11) is 0. The summed E-state index contributed by atoms with van der Waals surface area (Å²) in [6.07, 6.45) is 10.3. The summed E-state index contributed by atoms with van der Waals surface area (Å²) in [6.45, 7) is 0. The van der Waals surface area contributed by atoms with E-state index in [4.69, 9.17) is 0 Å². The number of aromatic nitrogens is 2. The minimum absolute atomic E-state index is 0.151. The van der Waals surface area contributed by atoms with Crippen LogP contribution in [0.25, 0.3) is 0 Å². The number of hydrogen-bond acceptors (Lipinski definition) is 2. The molecule has 4 heteroatoms. The van der Waals surface area contributed by atoms with E-state index in [9.17, 15) is 4.79 Å². The van der Waals surface area contributed by atoms with Gasteiger partial charge >= 0.3 is 0 Å². The summed E-state index contributed by atoms with van der Waals surface area (Å²) < 4.78 is 0. The molecule has 1 aliphatic carbocycles. The smallest absolute Gasteiger partial charge is 0.227 e. The lowest BCUT2D eigenvalue weighted by molar-refractivity contribution is -0.120. The topological polar surface area (TPSA) is 57.8 Å². The third-order valence-electron chi connectivity index (χ3n) is 2.99. The number of carbonyl (C=O) groups is 1. The SMILES string of the molecule is O=C(Nc1cn[nH]c1)C1CCCCCC1. The highest BCUT2D eigenvalue weighted by Gasteiger charge is 2.19. The molecule has 0 atom stereocenters. The number of rotatable bonds is 2. The van der Waals surface area contributed by atoms with Crippen LogP contribution in [0.3, 0.4) is 0 Å². The van der Waals surface area contributed by atoms with Crippen molar-refractivity contribution in [2.24, 2.45) is 5.92 Å². The first-order valence-electron chi connectivity index (χ1n) is 5.66. The zero-order chi connectivity index (χ0) is 10.5. The standard InChI is InChI=1S/C11H17N3O/c15-11(14-10-7-12-13-8-10)9-5-3-1-2-4-6-9/h7-9H,1-6H2,(H,12,13)(H,14,15). The van der Waals surface area contributed by atoms with E-state index in [1.54, 1.807) is 12.4 Å². The van der Waals surface area contributed by atoms with E-state index in [2.05, 4.69) is 15.5 Å². The molecule has 0 bridgehead atoms. The van der Waals surface area contributed by atoms with Gasteiger partial charge in [-0.2, -0.15) is 5.10 Å². The molecular weight excluding hydrogens is 190 g/mol. The second kappa shape index (κ2) is 4.96. The van der Waals surface area contributed by atoms with Crippen LogP contribution in [-0.2, 0) is 4.79 Å². The molecule has 1 fully saturated rings.